The molecule has 0 fully saturated rings. The number of imidazole rings is 1. The van der Waals surface area contributed by atoms with Gasteiger partial charge in [-0.05, 0) is 66.6 Å². The van der Waals surface area contributed by atoms with Crippen LogP contribution in [0.1, 0.15) is 12.0 Å². The van der Waals surface area contributed by atoms with Crippen molar-refractivity contribution in [3.8, 4) is 34.0 Å². The summed E-state index contributed by atoms with van der Waals surface area (Å²) in [5.41, 5.74) is 10.9. The van der Waals surface area contributed by atoms with Crippen molar-refractivity contribution in [2.45, 2.75) is 11.6 Å². The minimum absolute atomic E-state index is 0.410. The standard InChI is InChI=1S/C28H27N3O3S/c1-33-23-12-8-20(9-13-23)25-26(21-10-14-24(34-2)15-11-21)31-28(30-25)35-17-16-22(27(29)32)18-19-6-4-3-5-7-19/h3-15,18H,16-17H2,1-2H3,(H2,29,32)(H,30,31)/b22-18-. The highest BCUT2D eigenvalue weighted by atomic mass is 32.2. The van der Waals surface area contributed by atoms with Gasteiger partial charge in [-0.3, -0.25) is 4.79 Å². The molecule has 0 saturated heterocycles. The van der Waals surface area contributed by atoms with Crippen molar-refractivity contribution in [1.29, 1.82) is 0 Å². The number of nitrogens with zero attached hydrogens (tertiary/aromatic N) is 1. The Balaban J connectivity index is 1.58. The van der Waals surface area contributed by atoms with Gasteiger partial charge in [0, 0.05) is 22.5 Å². The van der Waals surface area contributed by atoms with Crippen molar-refractivity contribution >= 4 is 23.7 Å². The van der Waals surface area contributed by atoms with Crippen molar-refractivity contribution in [3.05, 3.63) is 90.0 Å². The molecule has 0 radical (unpaired) electrons. The van der Waals surface area contributed by atoms with E-state index in [1.807, 2.05) is 84.9 Å². The molecule has 0 aliphatic heterocycles. The lowest BCUT2D eigenvalue weighted by Crippen LogP contribution is -2.14. The molecule has 0 aliphatic rings. The first-order valence-corrected chi connectivity index (χ1v) is 12.1. The van der Waals surface area contributed by atoms with Gasteiger partial charge in [-0.2, -0.15) is 0 Å². The van der Waals surface area contributed by atoms with E-state index in [1.54, 1.807) is 26.0 Å². The van der Waals surface area contributed by atoms with Crippen LogP contribution in [0.2, 0.25) is 0 Å². The van der Waals surface area contributed by atoms with Gasteiger partial charge in [0.25, 0.3) is 0 Å². The van der Waals surface area contributed by atoms with Crippen molar-refractivity contribution in [2.24, 2.45) is 5.73 Å². The molecule has 35 heavy (non-hydrogen) atoms. The third-order valence-electron chi connectivity index (χ3n) is 5.49. The summed E-state index contributed by atoms with van der Waals surface area (Å²) >= 11 is 1.55. The van der Waals surface area contributed by atoms with Gasteiger partial charge in [-0.1, -0.05) is 42.1 Å². The van der Waals surface area contributed by atoms with Gasteiger partial charge >= 0.3 is 0 Å². The fraction of sp³-hybridized carbons (Fsp3) is 0.143. The summed E-state index contributed by atoms with van der Waals surface area (Å²) in [4.78, 5) is 20.3. The molecule has 7 heteroatoms. The Morgan fingerprint density at radius 2 is 1.51 bits per heavy atom. The number of ether oxygens (including phenoxy) is 2. The quantitative estimate of drug-likeness (QED) is 0.218. The van der Waals surface area contributed by atoms with Crippen molar-refractivity contribution in [3.63, 3.8) is 0 Å². The molecule has 0 atom stereocenters. The molecule has 4 aromatic rings. The molecule has 3 N–H and O–H groups in total. The number of benzene rings is 3. The number of hydrogen-bond acceptors (Lipinski definition) is 5. The van der Waals surface area contributed by atoms with Crippen molar-refractivity contribution in [1.82, 2.24) is 9.97 Å². The first kappa shape index (κ1) is 24.2. The summed E-state index contributed by atoms with van der Waals surface area (Å²) in [6.45, 7) is 0. The third-order valence-corrected chi connectivity index (χ3v) is 6.37. The molecule has 1 aromatic heterocycles. The Morgan fingerprint density at radius 1 is 0.914 bits per heavy atom. The molecule has 0 unspecified atom stereocenters. The maximum Gasteiger partial charge on any atom is 0.244 e. The second-order valence-electron chi connectivity index (χ2n) is 7.77. The lowest BCUT2D eigenvalue weighted by Gasteiger charge is -2.06. The molecule has 0 aliphatic carbocycles. The topological polar surface area (TPSA) is 90.2 Å². The zero-order valence-electron chi connectivity index (χ0n) is 19.7. The van der Waals surface area contributed by atoms with Crippen LogP contribution in [0.4, 0.5) is 0 Å². The van der Waals surface area contributed by atoms with E-state index in [0.29, 0.717) is 17.7 Å². The van der Waals surface area contributed by atoms with Gasteiger partial charge in [0.05, 0.1) is 25.6 Å². The second-order valence-corrected chi connectivity index (χ2v) is 8.85. The van der Waals surface area contributed by atoms with E-state index in [0.717, 1.165) is 44.7 Å². The molecule has 0 spiro atoms. The number of aromatic amines is 1. The average Bonchev–Trinajstić information content (AvgIpc) is 3.33. The fourth-order valence-corrected chi connectivity index (χ4v) is 4.46. The molecular weight excluding hydrogens is 458 g/mol. The minimum Gasteiger partial charge on any atom is -0.497 e. The largest absolute Gasteiger partial charge is 0.497 e. The van der Waals surface area contributed by atoms with Crippen molar-refractivity contribution in [2.75, 3.05) is 20.0 Å². The van der Waals surface area contributed by atoms with Crippen LogP contribution in [0.5, 0.6) is 11.5 Å². The van der Waals surface area contributed by atoms with Crippen LogP contribution in [-0.2, 0) is 4.79 Å². The Kier molecular flexibility index (Phi) is 7.90. The van der Waals surface area contributed by atoms with Gasteiger partial charge < -0.3 is 20.2 Å². The molecular formula is C28H27N3O3S. The number of nitrogens with two attached hydrogens (primary N) is 1. The number of carbonyl (C=O) groups is 1. The number of methoxy groups -OCH3 is 2. The summed E-state index contributed by atoms with van der Waals surface area (Å²) in [5, 5.41) is 0.769. The minimum atomic E-state index is -0.410. The number of rotatable bonds is 10. The molecule has 0 bridgehead atoms. The summed E-state index contributed by atoms with van der Waals surface area (Å²) in [5.74, 6) is 1.82. The number of primary amides is 1. The van der Waals surface area contributed by atoms with Crippen LogP contribution in [0.3, 0.4) is 0 Å². The zero-order chi connectivity index (χ0) is 24.6. The monoisotopic (exact) mass is 485 g/mol. The van der Waals surface area contributed by atoms with Crippen LogP contribution in [0, 0.1) is 0 Å². The molecule has 3 aromatic carbocycles. The highest BCUT2D eigenvalue weighted by Gasteiger charge is 2.16. The number of nitrogens with one attached hydrogen (secondary N) is 1. The Morgan fingerprint density at radius 3 is 2.09 bits per heavy atom. The van der Waals surface area contributed by atoms with E-state index in [4.69, 9.17) is 20.2 Å². The maximum absolute atomic E-state index is 12.0. The first-order chi connectivity index (χ1) is 17.1. The highest BCUT2D eigenvalue weighted by Crippen LogP contribution is 2.34. The van der Waals surface area contributed by atoms with Crippen molar-refractivity contribution < 1.29 is 14.3 Å². The molecule has 4 rings (SSSR count). The maximum atomic E-state index is 12.0. The molecule has 1 amide bonds. The van der Waals surface area contributed by atoms with E-state index in [9.17, 15) is 4.79 Å². The van der Waals surface area contributed by atoms with Gasteiger partial charge in [0.2, 0.25) is 5.91 Å². The SMILES string of the molecule is COc1ccc(-c2nc(SCC/C(=C/c3ccccc3)C(N)=O)[nH]c2-c2ccc(OC)cc2)cc1. The first-order valence-electron chi connectivity index (χ1n) is 11.1. The predicted molar refractivity (Wildman–Crippen MR) is 142 cm³/mol. The van der Waals surface area contributed by atoms with Crippen LogP contribution in [-0.4, -0.2) is 35.8 Å². The molecule has 6 nitrogen and oxygen atoms in total. The van der Waals surface area contributed by atoms with E-state index in [2.05, 4.69) is 4.98 Å². The second kappa shape index (κ2) is 11.4. The Labute approximate surface area is 209 Å². The van der Waals surface area contributed by atoms with Crippen LogP contribution < -0.4 is 15.2 Å². The predicted octanol–water partition coefficient (Wildman–Crippen LogP) is 5.81. The zero-order valence-corrected chi connectivity index (χ0v) is 20.5. The fourth-order valence-electron chi connectivity index (χ4n) is 3.62. The van der Waals surface area contributed by atoms with Gasteiger partial charge in [0.1, 0.15) is 11.5 Å². The lowest BCUT2D eigenvalue weighted by molar-refractivity contribution is -0.114. The third kappa shape index (κ3) is 6.13. The highest BCUT2D eigenvalue weighted by molar-refractivity contribution is 7.99. The van der Waals surface area contributed by atoms with Crippen LogP contribution in [0.15, 0.2) is 89.6 Å². The molecule has 1 heterocycles. The van der Waals surface area contributed by atoms with Crippen LogP contribution >= 0.6 is 11.8 Å². The number of carbonyl (C=O) groups excluding carboxylic acids is 1. The summed E-state index contributed by atoms with van der Waals surface area (Å²) in [6.07, 6.45) is 2.38. The number of thioether (sulfide) groups is 1. The van der Waals surface area contributed by atoms with Gasteiger partial charge in [-0.25, -0.2) is 4.98 Å². The summed E-state index contributed by atoms with van der Waals surface area (Å²) in [7, 11) is 3.29. The Hall–Kier alpha value is -3.97. The van der Waals surface area contributed by atoms with E-state index < -0.39 is 5.91 Å². The summed E-state index contributed by atoms with van der Waals surface area (Å²) in [6, 6.07) is 25.4. The smallest absolute Gasteiger partial charge is 0.244 e. The van der Waals surface area contributed by atoms with E-state index in [1.165, 1.54) is 0 Å². The Bertz CT molecular complexity index is 1230. The van der Waals surface area contributed by atoms with E-state index in [-0.39, 0.29) is 0 Å². The average molecular weight is 486 g/mol. The number of H-pyrrole nitrogens is 1. The normalized spacial score (nSPS) is 11.3. The van der Waals surface area contributed by atoms with E-state index >= 15 is 0 Å². The lowest BCUT2D eigenvalue weighted by atomic mass is 10.0. The van der Waals surface area contributed by atoms with Gasteiger partial charge in [-0.15, -0.1) is 0 Å². The number of aromatic nitrogens is 2. The van der Waals surface area contributed by atoms with Gasteiger partial charge in [0.15, 0.2) is 5.16 Å². The molecule has 178 valence electrons. The summed E-state index contributed by atoms with van der Waals surface area (Å²) < 4.78 is 10.6. The van der Waals surface area contributed by atoms with Crippen LogP contribution in [0.25, 0.3) is 28.6 Å². The molecule has 0 saturated carbocycles. The number of hydrogen-bond donors (Lipinski definition) is 2. The number of amides is 1.